The zero-order valence-electron chi connectivity index (χ0n) is 16.3. The molecule has 0 saturated carbocycles. The Hall–Kier alpha value is -2.32. The first-order valence-corrected chi connectivity index (χ1v) is 10.5. The first kappa shape index (κ1) is 20.9. The van der Waals surface area contributed by atoms with Crippen molar-refractivity contribution in [1.29, 1.82) is 0 Å². The van der Waals surface area contributed by atoms with Crippen LogP contribution in [0.4, 0.5) is 0 Å². The molecule has 2 aromatic heterocycles. The van der Waals surface area contributed by atoms with Gasteiger partial charge in [0.2, 0.25) is 0 Å². The van der Waals surface area contributed by atoms with Gasteiger partial charge in [0.1, 0.15) is 11.4 Å². The number of furan rings is 1. The topological polar surface area (TPSA) is 72.5 Å². The van der Waals surface area contributed by atoms with Crippen molar-refractivity contribution < 1.29 is 13.9 Å². The van der Waals surface area contributed by atoms with Crippen LogP contribution >= 0.6 is 23.2 Å². The monoisotopic (exact) mass is 448 g/mol. The van der Waals surface area contributed by atoms with Crippen LogP contribution < -0.4 is 5.32 Å². The van der Waals surface area contributed by atoms with E-state index in [9.17, 15) is 4.79 Å². The Morgan fingerprint density at radius 3 is 2.70 bits per heavy atom. The summed E-state index contributed by atoms with van der Waals surface area (Å²) in [7, 11) is 0. The van der Waals surface area contributed by atoms with E-state index >= 15 is 0 Å². The summed E-state index contributed by atoms with van der Waals surface area (Å²) in [5, 5.41) is 8.37. The molecule has 1 fully saturated rings. The summed E-state index contributed by atoms with van der Waals surface area (Å²) in [5.74, 6) is 0.364. The second-order valence-electron chi connectivity index (χ2n) is 6.97. The number of halogens is 2. The second kappa shape index (κ2) is 9.66. The molecule has 1 saturated heterocycles. The van der Waals surface area contributed by atoms with Crippen LogP contribution in [0.5, 0.6) is 0 Å². The Morgan fingerprint density at radius 2 is 1.97 bits per heavy atom. The van der Waals surface area contributed by atoms with Crippen LogP contribution in [0.2, 0.25) is 10.0 Å². The Labute approximate surface area is 184 Å². The lowest BCUT2D eigenvalue weighted by atomic mass is 10.2. The quantitative estimate of drug-likeness (QED) is 0.555. The van der Waals surface area contributed by atoms with Gasteiger partial charge in [0.15, 0.2) is 5.76 Å². The van der Waals surface area contributed by atoms with Gasteiger partial charge in [-0.25, -0.2) is 4.68 Å². The maximum Gasteiger partial charge on any atom is 0.270 e. The second-order valence-corrected chi connectivity index (χ2v) is 7.78. The number of aromatic nitrogens is 2. The summed E-state index contributed by atoms with van der Waals surface area (Å²) in [4.78, 5) is 15.3. The average Bonchev–Trinajstić information content (AvgIpc) is 3.44. The number of hydrogen-bond acceptors (Lipinski definition) is 5. The van der Waals surface area contributed by atoms with E-state index in [1.54, 1.807) is 47.3 Å². The van der Waals surface area contributed by atoms with Crippen LogP contribution in [-0.4, -0.2) is 60.0 Å². The predicted molar refractivity (Wildman–Crippen MR) is 115 cm³/mol. The molecule has 158 valence electrons. The lowest BCUT2D eigenvalue weighted by molar-refractivity contribution is 0.0374. The number of hydrogen-bond donors (Lipinski definition) is 1. The van der Waals surface area contributed by atoms with Crippen LogP contribution in [0.3, 0.4) is 0 Å². The molecule has 0 aliphatic carbocycles. The summed E-state index contributed by atoms with van der Waals surface area (Å²) in [6.45, 7) is 4.90. The van der Waals surface area contributed by atoms with Crippen LogP contribution in [-0.2, 0) is 4.74 Å². The molecule has 0 radical (unpaired) electrons. The van der Waals surface area contributed by atoms with E-state index in [4.69, 9.17) is 32.4 Å². The molecule has 1 aliphatic heterocycles. The van der Waals surface area contributed by atoms with E-state index < -0.39 is 0 Å². The highest BCUT2D eigenvalue weighted by Gasteiger charge is 2.19. The highest BCUT2D eigenvalue weighted by Crippen LogP contribution is 2.27. The van der Waals surface area contributed by atoms with E-state index in [1.807, 2.05) is 0 Å². The molecule has 0 unspecified atom stereocenters. The molecule has 1 amide bonds. The highest BCUT2D eigenvalue weighted by molar-refractivity contribution is 6.42. The van der Waals surface area contributed by atoms with Crippen molar-refractivity contribution in [3.8, 4) is 17.1 Å². The molecule has 0 atom stereocenters. The first-order valence-electron chi connectivity index (χ1n) is 9.79. The van der Waals surface area contributed by atoms with Gasteiger partial charge in [-0.3, -0.25) is 9.69 Å². The minimum atomic E-state index is -0.214. The molecule has 7 nitrogen and oxygen atoms in total. The first-order chi connectivity index (χ1) is 14.6. The predicted octanol–water partition coefficient (Wildman–Crippen LogP) is 3.89. The lowest BCUT2D eigenvalue weighted by Crippen LogP contribution is -2.38. The van der Waals surface area contributed by atoms with E-state index in [0.717, 1.165) is 39.3 Å². The number of ether oxygens (including phenoxy) is 1. The fourth-order valence-electron chi connectivity index (χ4n) is 3.32. The van der Waals surface area contributed by atoms with Crippen molar-refractivity contribution in [2.45, 2.75) is 6.42 Å². The average molecular weight is 449 g/mol. The van der Waals surface area contributed by atoms with Crippen molar-refractivity contribution in [2.24, 2.45) is 0 Å². The molecule has 3 aromatic rings. The van der Waals surface area contributed by atoms with Gasteiger partial charge >= 0.3 is 0 Å². The SMILES string of the molecule is O=C(NCCCN1CCOCC1)c1cc(-c2ccco2)nn1-c1ccc(Cl)c(Cl)c1. The molecular weight excluding hydrogens is 427 g/mol. The summed E-state index contributed by atoms with van der Waals surface area (Å²) in [5.41, 5.74) is 1.59. The van der Waals surface area contributed by atoms with Crippen molar-refractivity contribution in [3.05, 3.63) is 58.4 Å². The number of benzene rings is 1. The van der Waals surface area contributed by atoms with E-state index in [-0.39, 0.29) is 5.91 Å². The number of rotatable bonds is 7. The van der Waals surface area contributed by atoms with E-state index in [0.29, 0.717) is 39.4 Å². The maximum absolute atomic E-state index is 12.9. The molecule has 0 bridgehead atoms. The molecule has 4 rings (SSSR count). The molecular formula is C21H22Cl2N4O3. The third kappa shape index (κ3) is 4.87. The van der Waals surface area contributed by atoms with Gasteiger partial charge < -0.3 is 14.5 Å². The van der Waals surface area contributed by atoms with Crippen molar-refractivity contribution in [3.63, 3.8) is 0 Å². The van der Waals surface area contributed by atoms with E-state index in [1.165, 1.54) is 0 Å². The fourth-order valence-corrected chi connectivity index (χ4v) is 3.61. The zero-order valence-corrected chi connectivity index (χ0v) is 17.8. The molecule has 0 spiro atoms. The summed E-state index contributed by atoms with van der Waals surface area (Å²) >= 11 is 12.2. The minimum absolute atomic E-state index is 0.214. The third-order valence-electron chi connectivity index (χ3n) is 4.90. The highest BCUT2D eigenvalue weighted by atomic mass is 35.5. The molecule has 1 N–H and O–H groups in total. The maximum atomic E-state index is 12.9. The van der Waals surface area contributed by atoms with Crippen molar-refractivity contribution >= 4 is 29.1 Å². The van der Waals surface area contributed by atoms with Crippen molar-refractivity contribution in [1.82, 2.24) is 20.0 Å². The van der Waals surface area contributed by atoms with Crippen LogP contribution in [0.25, 0.3) is 17.1 Å². The molecule has 3 heterocycles. The van der Waals surface area contributed by atoms with Crippen LogP contribution in [0.15, 0.2) is 47.1 Å². The molecule has 1 aromatic carbocycles. The van der Waals surface area contributed by atoms with Crippen LogP contribution in [0.1, 0.15) is 16.9 Å². The van der Waals surface area contributed by atoms with Crippen molar-refractivity contribution in [2.75, 3.05) is 39.4 Å². The number of carbonyl (C=O) groups is 1. The molecule has 9 heteroatoms. The standard InChI is InChI=1S/C21H22Cl2N4O3/c22-16-5-4-15(13-17(16)23)27-19(14-18(25-27)20-3-1-10-30-20)21(28)24-6-2-7-26-8-11-29-12-9-26/h1,3-5,10,13-14H,2,6-9,11-12H2,(H,24,28). The molecule has 30 heavy (non-hydrogen) atoms. The van der Waals surface area contributed by atoms with Gasteiger partial charge in [-0.2, -0.15) is 5.10 Å². The third-order valence-corrected chi connectivity index (χ3v) is 5.64. The van der Waals surface area contributed by atoms with Gasteiger partial charge in [0.05, 0.1) is 35.2 Å². The smallest absolute Gasteiger partial charge is 0.270 e. The largest absolute Gasteiger partial charge is 0.463 e. The van der Waals surface area contributed by atoms with Gasteiger partial charge in [-0.1, -0.05) is 23.2 Å². The number of nitrogens with one attached hydrogen (secondary N) is 1. The summed E-state index contributed by atoms with van der Waals surface area (Å²) in [6, 6.07) is 10.4. The van der Waals surface area contributed by atoms with Gasteiger partial charge in [-0.05, 0) is 43.3 Å². The Morgan fingerprint density at radius 1 is 1.13 bits per heavy atom. The van der Waals surface area contributed by atoms with E-state index in [2.05, 4.69) is 15.3 Å². The normalized spacial score (nSPS) is 14.7. The Balaban J connectivity index is 1.50. The van der Waals surface area contributed by atoms with Gasteiger partial charge in [0, 0.05) is 25.7 Å². The number of amides is 1. The number of morpholine rings is 1. The summed E-state index contributed by atoms with van der Waals surface area (Å²) < 4.78 is 12.4. The van der Waals surface area contributed by atoms with Crippen LogP contribution in [0, 0.1) is 0 Å². The van der Waals surface area contributed by atoms with Gasteiger partial charge in [0.25, 0.3) is 5.91 Å². The minimum Gasteiger partial charge on any atom is -0.463 e. The summed E-state index contributed by atoms with van der Waals surface area (Å²) in [6.07, 6.45) is 2.43. The Kier molecular flexibility index (Phi) is 6.74. The number of nitrogens with zero attached hydrogens (tertiary/aromatic N) is 3. The Bertz CT molecular complexity index is 998. The zero-order chi connectivity index (χ0) is 20.9. The molecule has 1 aliphatic rings. The van der Waals surface area contributed by atoms with Gasteiger partial charge in [-0.15, -0.1) is 0 Å². The lowest BCUT2D eigenvalue weighted by Gasteiger charge is -2.26. The number of carbonyl (C=O) groups excluding carboxylic acids is 1. The fraction of sp³-hybridized carbons (Fsp3) is 0.333.